The van der Waals surface area contributed by atoms with Crippen molar-refractivity contribution in [3.63, 3.8) is 0 Å². The minimum atomic E-state index is -0.960. The van der Waals surface area contributed by atoms with Crippen LogP contribution in [0.15, 0.2) is 42.7 Å². The fourth-order valence-electron chi connectivity index (χ4n) is 3.09. The molecular formula is C18H21NO2. The summed E-state index contributed by atoms with van der Waals surface area (Å²) in [6.45, 7) is 3.97. The van der Waals surface area contributed by atoms with Crippen LogP contribution < -0.4 is 4.74 Å². The predicted octanol–water partition coefficient (Wildman–Crippen LogP) is 3.44. The van der Waals surface area contributed by atoms with E-state index in [2.05, 4.69) is 11.1 Å². The normalized spacial score (nSPS) is 21.1. The van der Waals surface area contributed by atoms with Gasteiger partial charge in [0.2, 0.25) is 0 Å². The van der Waals surface area contributed by atoms with Crippen molar-refractivity contribution in [1.82, 2.24) is 4.98 Å². The first kappa shape index (κ1) is 14.1. The molecule has 0 bridgehead atoms. The second kappa shape index (κ2) is 5.49. The summed E-state index contributed by atoms with van der Waals surface area (Å²) >= 11 is 0. The summed E-state index contributed by atoms with van der Waals surface area (Å²) in [4.78, 5) is 4.25. The summed E-state index contributed by atoms with van der Waals surface area (Å²) in [5.74, 6) is 0.707. The van der Waals surface area contributed by atoms with Gasteiger partial charge in [-0.2, -0.15) is 0 Å². The number of aliphatic hydroxyl groups is 1. The lowest BCUT2D eigenvalue weighted by Gasteiger charge is -2.35. The fourth-order valence-corrected chi connectivity index (χ4v) is 3.09. The molecule has 21 heavy (non-hydrogen) atoms. The maximum atomic E-state index is 11.3. The molecule has 0 aliphatic heterocycles. The number of pyridine rings is 1. The van der Waals surface area contributed by atoms with Gasteiger partial charge in [-0.3, -0.25) is 4.98 Å². The lowest BCUT2D eigenvalue weighted by Crippen LogP contribution is -2.32. The van der Waals surface area contributed by atoms with Crippen LogP contribution in [0.3, 0.4) is 0 Å². The largest absolute Gasteiger partial charge is 0.489 e. The quantitative estimate of drug-likeness (QED) is 0.938. The van der Waals surface area contributed by atoms with E-state index in [-0.39, 0.29) is 6.10 Å². The minimum Gasteiger partial charge on any atom is -0.489 e. The molecule has 3 nitrogen and oxygen atoms in total. The van der Waals surface area contributed by atoms with Crippen molar-refractivity contribution in [2.24, 2.45) is 0 Å². The summed E-state index contributed by atoms with van der Waals surface area (Å²) in [5.41, 5.74) is 2.08. The standard InChI is InChI=1S/C18H21NO2/c1-13(2)21-16-10-15(11-19-12-16)18(20)9-5-7-14-6-3-4-8-17(14)18/h3-4,6,8,10-13,20H,5,7,9H2,1-2H3. The van der Waals surface area contributed by atoms with Gasteiger partial charge in [-0.15, -0.1) is 0 Å². The van der Waals surface area contributed by atoms with Gasteiger partial charge >= 0.3 is 0 Å². The number of fused-ring (bicyclic) bond motifs is 1. The monoisotopic (exact) mass is 283 g/mol. The number of hydrogen-bond acceptors (Lipinski definition) is 3. The molecular weight excluding hydrogens is 262 g/mol. The van der Waals surface area contributed by atoms with E-state index < -0.39 is 5.60 Å². The van der Waals surface area contributed by atoms with Crippen molar-refractivity contribution in [3.05, 3.63) is 59.4 Å². The molecule has 0 saturated heterocycles. The summed E-state index contributed by atoms with van der Waals surface area (Å²) < 4.78 is 5.71. The molecule has 110 valence electrons. The van der Waals surface area contributed by atoms with E-state index in [1.807, 2.05) is 38.1 Å². The molecule has 1 aromatic heterocycles. The first-order valence-corrected chi connectivity index (χ1v) is 7.52. The highest BCUT2D eigenvalue weighted by molar-refractivity contribution is 5.43. The molecule has 0 spiro atoms. The van der Waals surface area contributed by atoms with E-state index in [9.17, 15) is 5.11 Å². The molecule has 1 aliphatic rings. The van der Waals surface area contributed by atoms with E-state index in [1.165, 1.54) is 5.56 Å². The van der Waals surface area contributed by atoms with Crippen LogP contribution in [0, 0.1) is 0 Å². The second-order valence-corrected chi connectivity index (χ2v) is 5.95. The van der Waals surface area contributed by atoms with Crippen LogP contribution in [0.25, 0.3) is 0 Å². The molecule has 3 heteroatoms. The molecule has 1 unspecified atom stereocenters. The number of rotatable bonds is 3. The van der Waals surface area contributed by atoms with Gasteiger partial charge in [0.15, 0.2) is 0 Å². The fraction of sp³-hybridized carbons (Fsp3) is 0.389. The van der Waals surface area contributed by atoms with Crippen LogP contribution >= 0.6 is 0 Å². The molecule has 0 fully saturated rings. The predicted molar refractivity (Wildman–Crippen MR) is 82.4 cm³/mol. The van der Waals surface area contributed by atoms with E-state index in [4.69, 9.17) is 4.74 Å². The summed E-state index contributed by atoms with van der Waals surface area (Å²) in [6, 6.07) is 10.0. The van der Waals surface area contributed by atoms with E-state index >= 15 is 0 Å². The Morgan fingerprint density at radius 3 is 2.86 bits per heavy atom. The molecule has 1 heterocycles. The van der Waals surface area contributed by atoms with Gasteiger partial charge in [-0.25, -0.2) is 0 Å². The third-order valence-electron chi connectivity index (χ3n) is 4.01. The van der Waals surface area contributed by atoms with Crippen LogP contribution in [0.1, 0.15) is 43.4 Å². The Morgan fingerprint density at radius 1 is 1.24 bits per heavy atom. The van der Waals surface area contributed by atoms with Crippen molar-refractivity contribution < 1.29 is 9.84 Å². The van der Waals surface area contributed by atoms with Crippen LogP contribution in [-0.4, -0.2) is 16.2 Å². The first-order valence-electron chi connectivity index (χ1n) is 7.52. The molecule has 0 amide bonds. The summed E-state index contributed by atoms with van der Waals surface area (Å²) in [6.07, 6.45) is 6.25. The Hall–Kier alpha value is -1.87. The van der Waals surface area contributed by atoms with Crippen molar-refractivity contribution in [2.45, 2.75) is 44.8 Å². The maximum absolute atomic E-state index is 11.3. The van der Waals surface area contributed by atoms with Crippen LogP contribution in [0.5, 0.6) is 5.75 Å². The van der Waals surface area contributed by atoms with Crippen molar-refractivity contribution >= 4 is 0 Å². The molecule has 0 radical (unpaired) electrons. The highest BCUT2D eigenvalue weighted by Crippen LogP contribution is 2.40. The van der Waals surface area contributed by atoms with E-state index in [0.717, 1.165) is 30.4 Å². The number of ether oxygens (including phenoxy) is 1. The third kappa shape index (κ3) is 2.66. The van der Waals surface area contributed by atoms with Gasteiger partial charge in [0, 0.05) is 11.8 Å². The molecule has 1 aromatic carbocycles. The Kier molecular flexibility index (Phi) is 3.68. The second-order valence-electron chi connectivity index (χ2n) is 5.95. The first-order chi connectivity index (χ1) is 10.1. The smallest absolute Gasteiger partial charge is 0.138 e. The zero-order valence-electron chi connectivity index (χ0n) is 12.5. The van der Waals surface area contributed by atoms with Crippen molar-refractivity contribution in [3.8, 4) is 5.75 Å². The lowest BCUT2D eigenvalue weighted by molar-refractivity contribution is 0.0608. The number of benzene rings is 1. The SMILES string of the molecule is CC(C)Oc1cncc(C2(O)CCCc3ccccc32)c1. The van der Waals surface area contributed by atoms with Gasteiger partial charge in [0.05, 0.1) is 12.3 Å². The van der Waals surface area contributed by atoms with Crippen molar-refractivity contribution in [1.29, 1.82) is 0 Å². The minimum absolute atomic E-state index is 0.0929. The van der Waals surface area contributed by atoms with Crippen LogP contribution in [0.2, 0.25) is 0 Å². The Labute approximate surface area is 125 Å². The van der Waals surface area contributed by atoms with Crippen LogP contribution in [-0.2, 0) is 12.0 Å². The summed E-state index contributed by atoms with van der Waals surface area (Å²) in [5, 5.41) is 11.3. The van der Waals surface area contributed by atoms with E-state index in [0.29, 0.717) is 5.75 Å². The number of aryl methyl sites for hydroxylation is 1. The Bertz CT molecular complexity index is 639. The molecule has 1 aliphatic carbocycles. The Balaban J connectivity index is 2.04. The van der Waals surface area contributed by atoms with Gasteiger partial charge in [0.1, 0.15) is 11.4 Å². The number of nitrogens with zero attached hydrogens (tertiary/aromatic N) is 1. The lowest BCUT2D eigenvalue weighted by atomic mass is 9.75. The molecule has 1 N–H and O–H groups in total. The van der Waals surface area contributed by atoms with E-state index in [1.54, 1.807) is 12.4 Å². The topological polar surface area (TPSA) is 42.4 Å². The number of aromatic nitrogens is 1. The molecule has 2 aromatic rings. The highest BCUT2D eigenvalue weighted by atomic mass is 16.5. The van der Waals surface area contributed by atoms with Gasteiger partial charge in [0.25, 0.3) is 0 Å². The zero-order chi connectivity index (χ0) is 14.9. The highest BCUT2D eigenvalue weighted by Gasteiger charge is 2.36. The third-order valence-corrected chi connectivity index (χ3v) is 4.01. The average molecular weight is 283 g/mol. The maximum Gasteiger partial charge on any atom is 0.138 e. The molecule has 3 rings (SSSR count). The van der Waals surface area contributed by atoms with Crippen LogP contribution in [0.4, 0.5) is 0 Å². The zero-order valence-corrected chi connectivity index (χ0v) is 12.5. The molecule has 0 saturated carbocycles. The molecule has 1 atom stereocenters. The van der Waals surface area contributed by atoms with Gasteiger partial charge in [-0.05, 0) is 50.3 Å². The summed E-state index contributed by atoms with van der Waals surface area (Å²) in [7, 11) is 0. The van der Waals surface area contributed by atoms with Crippen molar-refractivity contribution in [2.75, 3.05) is 0 Å². The van der Waals surface area contributed by atoms with Gasteiger partial charge in [-0.1, -0.05) is 24.3 Å². The average Bonchev–Trinajstić information content (AvgIpc) is 2.47. The Morgan fingerprint density at radius 2 is 2.05 bits per heavy atom. The number of hydrogen-bond donors (Lipinski definition) is 1. The van der Waals surface area contributed by atoms with Gasteiger partial charge < -0.3 is 9.84 Å².